The predicted molar refractivity (Wildman–Crippen MR) is 99.1 cm³/mol. The van der Waals surface area contributed by atoms with Gasteiger partial charge in [-0.2, -0.15) is 0 Å². The molecule has 0 aliphatic carbocycles. The fourth-order valence-corrected chi connectivity index (χ4v) is 3.19. The number of nitrogens with one attached hydrogen (secondary N) is 1. The van der Waals surface area contributed by atoms with Crippen molar-refractivity contribution in [2.24, 2.45) is 5.92 Å². The number of hydrogen-bond acceptors (Lipinski definition) is 2. The Labute approximate surface area is 154 Å². The van der Waals surface area contributed by atoms with E-state index in [4.69, 9.17) is 0 Å². The van der Waals surface area contributed by atoms with Crippen molar-refractivity contribution >= 4 is 39.1 Å². The van der Waals surface area contributed by atoms with E-state index in [0.717, 1.165) is 16.8 Å². The van der Waals surface area contributed by atoms with Crippen molar-refractivity contribution in [2.75, 3.05) is 16.8 Å². The number of nitrogens with zero attached hydrogens (tertiary/aromatic N) is 1. The van der Waals surface area contributed by atoms with Gasteiger partial charge in [0.05, 0.1) is 11.6 Å². The number of aryl methyl sites for hydroxylation is 2. The smallest absolute Gasteiger partial charge is 0.229 e. The number of anilines is 2. The lowest BCUT2D eigenvalue weighted by Crippen LogP contribution is -2.28. The third kappa shape index (κ3) is 3.74. The average molecular weight is 405 g/mol. The van der Waals surface area contributed by atoms with Gasteiger partial charge in [-0.15, -0.1) is 0 Å². The zero-order valence-corrected chi connectivity index (χ0v) is 15.6. The first-order chi connectivity index (χ1) is 11.8. The number of hydrogen-bond donors (Lipinski definition) is 1. The van der Waals surface area contributed by atoms with E-state index in [1.807, 2.05) is 32.0 Å². The van der Waals surface area contributed by atoms with Crippen LogP contribution in [0.15, 0.2) is 40.9 Å². The third-order valence-corrected chi connectivity index (χ3v) is 4.98. The fraction of sp³-hybridized carbons (Fsp3) is 0.263. The summed E-state index contributed by atoms with van der Waals surface area (Å²) in [5.74, 6) is -1.46. The Morgan fingerprint density at radius 3 is 2.64 bits per heavy atom. The summed E-state index contributed by atoms with van der Waals surface area (Å²) in [6.45, 7) is 4.29. The number of rotatable bonds is 3. The van der Waals surface area contributed by atoms with Crippen molar-refractivity contribution in [3.05, 3.63) is 57.8 Å². The molecular weight excluding hydrogens is 387 g/mol. The standard InChI is InChI=1S/C19H18BrFN2O2/c1-11-3-5-15(7-12(11)2)23-10-13(8-18(23)24)19(25)22-17-6-4-14(20)9-16(17)21/h3-7,9,13H,8,10H2,1-2H3,(H,22,25)/t13-/m0/s1. The lowest BCUT2D eigenvalue weighted by molar-refractivity contribution is -0.122. The van der Waals surface area contributed by atoms with Gasteiger partial charge in [0.15, 0.2) is 0 Å². The molecule has 0 bridgehead atoms. The number of benzene rings is 2. The second-order valence-corrected chi connectivity index (χ2v) is 7.20. The molecule has 2 aromatic rings. The molecule has 1 N–H and O–H groups in total. The quantitative estimate of drug-likeness (QED) is 0.833. The number of amides is 2. The zero-order valence-electron chi connectivity index (χ0n) is 14.0. The molecule has 0 radical (unpaired) electrons. The summed E-state index contributed by atoms with van der Waals surface area (Å²) in [7, 11) is 0. The monoisotopic (exact) mass is 404 g/mol. The van der Waals surface area contributed by atoms with E-state index in [9.17, 15) is 14.0 Å². The summed E-state index contributed by atoms with van der Waals surface area (Å²) in [6.07, 6.45) is 0.122. The molecule has 6 heteroatoms. The molecule has 1 atom stereocenters. The highest BCUT2D eigenvalue weighted by atomic mass is 79.9. The van der Waals surface area contributed by atoms with E-state index < -0.39 is 11.7 Å². The molecule has 2 aromatic carbocycles. The molecule has 1 heterocycles. The van der Waals surface area contributed by atoms with Gasteiger partial charge in [0.1, 0.15) is 5.82 Å². The van der Waals surface area contributed by atoms with Crippen LogP contribution in [0.5, 0.6) is 0 Å². The fourth-order valence-electron chi connectivity index (χ4n) is 2.85. The predicted octanol–water partition coefficient (Wildman–Crippen LogP) is 4.20. The summed E-state index contributed by atoms with van der Waals surface area (Å²) >= 11 is 3.18. The topological polar surface area (TPSA) is 49.4 Å². The first kappa shape index (κ1) is 17.6. The van der Waals surface area contributed by atoms with Gasteiger partial charge in [-0.05, 0) is 55.3 Å². The molecule has 4 nitrogen and oxygen atoms in total. The molecule has 0 spiro atoms. The maximum absolute atomic E-state index is 13.9. The van der Waals surface area contributed by atoms with Crippen LogP contribution in [0.1, 0.15) is 17.5 Å². The third-order valence-electron chi connectivity index (χ3n) is 4.49. The SMILES string of the molecule is Cc1ccc(N2C[C@@H](C(=O)Nc3ccc(Br)cc3F)CC2=O)cc1C. The van der Waals surface area contributed by atoms with Gasteiger partial charge in [0.25, 0.3) is 0 Å². The first-order valence-electron chi connectivity index (χ1n) is 7.98. The Bertz CT molecular complexity index is 853. The van der Waals surface area contributed by atoms with Gasteiger partial charge in [-0.25, -0.2) is 4.39 Å². The van der Waals surface area contributed by atoms with E-state index in [-0.39, 0.29) is 23.9 Å². The van der Waals surface area contributed by atoms with Gasteiger partial charge >= 0.3 is 0 Å². The molecule has 1 saturated heterocycles. The summed E-state index contributed by atoms with van der Waals surface area (Å²) in [6, 6.07) is 10.2. The van der Waals surface area contributed by atoms with Crippen LogP contribution in [0, 0.1) is 25.6 Å². The molecule has 1 aliphatic heterocycles. The molecule has 3 rings (SSSR count). The van der Waals surface area contributed by atoms with Crippen molar-refractivity contribution in [2.45, 2.75) is 20.3 Å². The van der Waals surface area contributed by atoms with Crippen LogP contribution < -0.4 is 10.2 Å². The molecule has 130 valence electrons. The minimum Gasteiger partial charge on any atom is -0.323 e. The van der Waals surface area contributed by atoms with Crippen LogP contribution >= 0.6 is 15.9 Å². The molecule has 1 aliphatic rings. The van der Waals surface area contributed by atoms with Gasteiger partial charge < -0.3 is 10.2 Å². The van der Waals surface area contributed by atoms with Crippen molar-refractivity contribution in [1.82, 2.24) is 0 Å². The lowest BCUT2D eigenvalue weighted by Gasteiger charge is -2.18. The van der Waals surface area contributed by atoms with Gasteiger partial charge in [0.2, 0.25) is 11.8 Å². The Morgan fingerprint density at radius 2 is 1.96 bits per heavy atom. The molecule has 25 heavy (non-hydrogen) atoms. The van der Waals surface area contributed by atoms with Gasteiger partial charge in [0, 0.05) is 23.1 Å². The highest BCUT2D eigenvalue weighted by molar-refractivity contribution is 9.10. The molecular formula is C19H18BrFN2O2. The van der Waals surface area contributed by atoms with Crippen LogP contribution in [0.2, 0.25) is 0 Å². The van der Waals surface area contributed by atoms with Crippen molar-refractivity contribution in [3.8, 4) is 0 Å². The highest BCUT2D eigenvalue weighted by Crippen LogP contribution is 2.28. The minimum atomic E-state index is -0.516. The molecule has 0 aromatic heterocycles. The van der Waals surface area contributed by atoms with Crippen LogP contribution in [-0.2, 0) is 9.59 Å². The van der Waals surface area contributed by atoms with Gasteiger partial charge in [-0.1, -0.05) is 22.0 Å². The van der Waals surface area contributed by atoms with E-state index in [2.05, 4.69) is 21.2 Å². The maximum Gasteiger partial charge on any atom is 0.229 e. The Balaban J connectivity index is 1.73. The van der Waals surface area contributed by atoms with Crippen molar-refractivity contribution in [3.63, 3.8) is 0 Å². The first-order valence-corrected chi connectivity index (χ1v) is 8.78. The summed E-state index contributed by atoms with van der Waals surface area (Å²) < 4.78 is 14.5. The summed E-state index contributed by atoms with van der Waals surface area (Å²) in [5, 5.41) is 2.58. The average Bonchev–Trinajstić information content (AvgIpc) is 2.95. The van der Waals surface area contributed by atoms with Crippen LogP contribution in [0.3, 0.4) is 0 Å². The van der Waals surface area contributed by atoms with Crippen LogP contribution in [0.4, 0.5) is 15.8 Å². The Kier molecular flexibility index (Phi) is 4.90. The maximum atomic E-state index is 13.9. The molecule has 2 amide bonds. The minimum absolute atomic E-state index is 0.0975. The number of carbonyl (C=O) groups is 2. The van der Waals surface area contributed by atoms with E-state index in [1.54, 1.807) is 11.0 Å². The molecule has 0 saturated carbocycles. The summed E-state index contributed by atoms with van der Waals surface area (Å²) in [4.78, 5) is 26.4. The van der Waals surface area contributed by atoms with Crippen molar-refractivity contribution < 1.29 is 14.0 Å². The van der Waals surface area contributed by atoms with E-state index in [0.29, 0.717) is 11.0 Å². The molecule has 0 unspecified atom stereocenters. The summed E-state index contributed by atoms with van der Waals surface area (Å²) in [5.41, 5.74) is 3.15. The number of carbonyl (C=O) groups excluding carboxylic acids is 2. The Hall–Kier alpha value is -2.21. The second-order valence-electron chi connectivity index (χ2n) is 6.29. The van der Waals surface area contributed by atoms with E-state index >= 15 is 0 Å². The second kappa shape index (κ2) is 6.96. The van der Waals surface area contributed by atoms with Crippen molar-refractivity contribution in [1.29, 1.82) is 0 Å². The van der Waals surface area contributed by atoms with Crippen LogP contribution in [0.25, 0.3) is 0 Å². The Morgan fingerprint density at radius 1 is 1.20 bits per heavy atom. The lowest BCUT2D eigenvalue weighted by atomic mass is 10.1. The zero-order chi connectivity index (χ0) is 18.1. The molecule has 1 fully saturated rings. The van der Waals surface area contributed by atoms with E-state index in [1.165, 1.54) is 12.1 Å². The normalized spacial score (nSPS) is 17.0. The number of halogens is 2. The highest BCUT2D eigenvalue weighted by Gasteiger charge is 2.35. The van der Waals surface area contributed by atoms with Crippen LogP contribution in [-0.4, -0.2) is 18.4 Å². The largest absolute Gasteiger partial charge is 0.323 e. The van der Waals surface area contributed by atoms with Gasteiger partial charge in [-0.3, -0.25) is 9.59 Å².